The summed E-state index contributed by atoms with van der Waals surface area (Å²) < 4.78 is 0. The maximum absolute atomic E-state index is 4.76. The number of hydrogen-bond donors (Lipinski definition) is 0. The number of nitrogens with zero attached hydrogens (tertiary/aromatic N) is 4. The van der Waals surface area contributed by atoms with Crippen LogP contribution in [-0.2, 0) is 0 Å². The van der Waals surface area contributed by atoms with E-state index in [1.807, 2.05) is 6.92 Å². The van der Waals surface area contributed by atoms with Crippen molar-refractivity contribution in [2.45, 2.75) is 65.3 Å². The molecular weight excluding hydrogens is 272 g/mol. The lowest BCUT2D eigenvalue weighted by Gasteiger charge is -2.37. The van der Waals surface area contributed by atoms with Crippen LogP contribution in [0.15, 0.2) is 6.07 Å². The molecule has 1 aromatic rings. The first kappa shape index (κ1) is 15.6. The third-order valence-electron chi connectivity index (χ3n) is 5.18. The quantitative estimate of drug-likeness (QED) is 0.850. The molecule has 0 spiro atoms. The highest BCUT2D eigenvalue weighted by atomic mass is 15.3. The molecule has 4 nitrogen and oxygen atoms in total. The van der Waals surface area contributed by atoms with Gasteiger partial charge in [-0.2, -0.15) is 0 Å². The summed E-state index contributed by atoms with van der Waals surface area (Å²) >= 11 is 0. The molecule has 0 N–H and O–H groups in total. The highest BCUT2D eigenvalue weighted by Crippen LogP contribution is 2.29. The lowest BCUT2D eigenvalue weighted by Crippen LogP contribution is -2.40. The second kappa shape index (κ2) is 6.84. The van der Waals surface area contributed by atoms with Crippen LogP contribution in [0, 0.1) is 12.8 Å². The minimum atomic E-state index is 0.649. The lowest BCUT2D eigenvalue weighted by atomic mass is 9.99. The molecule has 0 saturated carbocycles. The van der Waals surface area contributed by atoms with Gasteiger partial charge in [0.25, 0.3) is 0 Å². The van der Waals surface area contributed by atoms with Gasteiger partial charge in [0.2, 0.25) is 0 Å². The summed E-state index contributed by atoms with van der Waals surface area (Å²) in [6.45, 7) is 10.1. The van der Waals surface area contributed by atoms with Crippen molar-refractivity contribution < 1.29 is 0 Å². The van der Waals surface area contributed by atoms with Crippen LogP contribution in [0.5, 0.6) is 0 Å². The summed E-state index contributed by atoms with van der Waals surface area (Å²) in [6, 6.07) is 2.88. The normalized spacial score (nSPS) is 26.3. The van der Waals surface area contributed by atoms with Gasteiger partial charge in [-0.3, -0.25) is 0 Å². The number of rotatable bonds is 3. The topological polar surface area (TPSA) is 32.3 Å². The fourth-order valence-electron chi connectivity index (χ4n) is 3.97. The van der Waals surface area contributed by atoms with Crippen molar-refractivity contribution in [3.8, 4) is 0 Å². The van der Waals surface area contributed by atoms with E-state index in [9.17, 15) is 0 Å². The van der Waals surface area contributed by atoms with Gasteiger partial charge in [-0.25, -0.2) is 9.97 Å². The zero-order chi connectivity index (χ0) is 15.5. The molecule has 2 unspecified atom stereocenters. The van der Waals surface area contributed by atoms with Gasteiger partial charge in [0, 0.05) is 31.7 Å². The average Bonchev–Trinajstić information content (AvgIpc) is 2.54. The van der Waals surface area contributed by atoms with Crippen molar-refractivity contribution in [1.29, 1.82) is 0 Å². The van der Waals surface area contributed by atoms with E-state index in [4.69, 9.17) is 9.97 Å². The van der Waals surface area contributed by atoms with Crippen LogP contribution in [-0.4, -0.2) is 35.6 Å². The van der Waals surface area contributed by atoms with Crippen molar-refractivity contribution in [3.63, 3.8) is 0 Å². The molecule has 2 saturated heterocycles. The van der Waals surface area contributed by atoms with Gasteiger partial charge in [-0.1, -0.05) is 13.8 Å². The Hall–Kier alpha value is -1.32. The lowest BCUT2D eigenvalue weighted by molar-refractivity contribution is 0.440. The van der Waals surface area contributed by atoms with E-state index in [-0.39, 0.29) is 0 Å². The Labute approximate surface area is 134 Å². The fourth-order valence-corrected chi connectivity index (χ4v) is 3.97. The number of hydrogen-bond acceptors (Lipinski definition) is 4. The maximum Gasteiger partial charge on any atom is 0.134 e. The first-order chi connectivity index (χ1) is 10.7. The molecule has 4 heteroatoms. The zero-order valence-corrected chi connectivity index (χ0v) is 14.4. The van der Waals surface area contributed by atoms with E-state index in [1.165, 1.54) is 38.5 Å². The van der Waals surface area contributed by atoms with E-state index in [0.29, 0.717) is 6.04 Å². The zero-order valence-electron chi connectivity index (χ0n) is 14.4. The van der Waals surface area contributed by atoms with Gasteiger partial charge in [-0.15, -0.1) is 0 Å². The van der Waals surface area contributed by atoms with E-state index < -0.39 is 0 Å². The van der Waals surface area contributed by atoms with E-state index in [1.54, 1.807) is 0 Å². The van der Waals surface area contributed by atoms with Crippen LogP contribution in [0.25, 0.3) is 0 Å². The molecule has 3 rings (SSSR count). The molecule has 0 aliphatic carbocycles. The SMILES string of the molecule is CCC1CCCCN1c1cc(N2CCCC(C)C2)nc(C)n1. The summed E-state index contributed by atoms with van der Waals surface area (Å²) in [4.78, 5) is 14.5. The third kappa shape index (κ3) is 3.36. The minimum Gasteiger partial charge on any atom is -0.356 e. The van der Waals surface area contributed by atoms with E-state index in [2.05, 4.69) is 29.7 Å². The molecule has 2 aliphatic heterocycles. The second-order valence-corrected chi connectivity index (χ2v) is 7.08. The third-order valence-corrected chi connectivity index (χ3v) is 5.18. The molecule has 2 aliphatic rings. The number of anilines is 2. The van der Waals surface area contributed by atoms with Crippen LogP contribution >= 0.6 is 0 Å². The molecule has 0 aromatic carbocycles. The Morgan fingerprint density at radius 2 is 1.91 bits per heavy atom. The predicted octanol–water partition coefficient (Wildman–Crippen LogP) is 3.79. The minimum absolute atomic E-state index is 0.649. The smallest absolute Gasteiger partial charge is 0.134 e. The summed E-state index contributed by atoms with van der Waals surface area (Å²) in [7, 11) is 0. The molecule has 122 valence electrons. The standard InChI is InChI=1S/C18H30N4/c1-4-16-9-5-6-11-22(16)18-12-17(19-15(3)20-18)21-10-7-8-14(2)13-21/h12,14,16H,4-11,13H2,1-3H3. The Kier molecular flexibility index (Phi) is 4.84. The van der Waals surface area contributed by atoms with Crippen LogP contribution in [0.4, 0.5) is 11.6 Å². The van der Waals surface area contributed by atoms with Crippen LogP contribution in [0.3, 0.4) is 0 Å². The molecule has 1 aromatic heterocycles. The molecule has 3 heterocycles. The van der Waals surface area contributed by atoms with Gasteiger partial charge >= 0.3 is 0 Å². The van der Waals surface area contributed by atoms with Crippen molar-refractivity contribution in [2.24, 2.45) is 5.92 Å². The van der Waals surface area contributed by atoms with Gasteiger partial charge in [0.1, 0.15) is 17.5 Å². The summed E-state index contributed by atoms with van der Waals surface area (Å²) in [5.41, 5.74) is 0. The Morgan fingerprint density at radius 3 is 2.68 bits per heavy atom. The van der Waals surface area contributed by atoms with Gasteiger partial charge in [0.05, 0.1) is 0 Å². The Bertz CT molecular complexity index is 502. The van der Waals surface area contributed by atoms with E-state index in [0.717, 1.165) is 43.0 Å². The number of aromatic nitrogens is 2. The van der Waals surface area contributed by atoms with Crippen molar-refractivity contribution in [2.75, 3.05) is 29.4 Å². The largest absolute Gasteiger partial charge is 0.356 e. The van der Waals surface area contributed by atoms with Gasteiger partial charge in [-0.05, 0) is 51.4 Å². The molecule has 2 atom stereocenters. The van der Waals surface area contributed by atoms with Crippen molar-refractivity contribution in [1.82, 2.24) is 9.97 Å². The van der Waals surface area contributed by atoms with Gasteiger partial charge < -0.3 is 9.80 Å². The summed E-state index contributed by atoms with van der Waals surface area (Å²) in [5, 5.41) is 0. The van der Waals surface area contributed by atoms with E-state index >= 15 is 0 Å². The molecule has 0 bridgehead atoms. The molecule has 22 heavy (non-hydrogen) atoms. The number of aryl methyl sites for hydroxylation is 1. The molecule has 0 amide bonds. The monoisotopic (exact) mass is 302 g/mol. The summed E-state index contributed by atoms with van der Waals surface area (Å²) in [5.74, 6) is 3.96. The number of piperidine rings is 2. The first-order valence-corrected chi connectivity index (χ1v) is 9.04. The Morgan fingerprint density at radius 1 is 1.09 bits per heavy atom. The van der Waals surface area contributed by atoms with Crippen LogP contribution in [0.1, 0.15) is 58.2 Å². The summed E-state index contributed by atoms with van der Waals surface area (Å²) in [6.07, 6.45) is 7.78. The molecule has 0 radical (unpaired) electrons. The van der Waals surface area contributed by atoms with Crippen molar-refractivity contribution in [3.05, 3.63) is 11.9 Å². The maximum atomic E-state index is 4.76. The highest BCUT2D eigenvalue weighted by Gasteiger charge is 2.24. The second-order valence-electron chi connectivity index (χ2n) is 7.08. The first-order valence-electron chi connectivity index (χ1n) is 9.04. The van der Waals surface area contributed by atoms with Crippen LogP contribution in [0.2, 0.25) is 0 Å². The van der Waals surface area contributed by atoms with Gasteiger partial charge in [0.15, 0.2) is 0 Å². The fraction of sp³-hybridized carbons (Fsp3) is 0.778. The highest BCUT2D eigenvalue weighted by molar-refractivity contribution is 5.52. The van der Waals surface area contributed by atoms with Crippen LogP contribution < -0.4 is 9.80 Å². The average molecular weight is 302 g/mol. The Balaban J connectivity index is 1.85. The predicted molar refractivity (Wildman–Crippen MR) is 92.7 cm³/mol. The molecule has 2 fully saturated rings. The molecular formula is C18H30N4. The van der Waals surface area contributed by atoms with Crippen molar-refractivity contribution >= 4 is 11.6 Å².